The van der Waals surface area contributed by atoms with Gasteiger partial charge in [-0.3, -0.25) is 4.79 Å². The molecule has 0 aliphatic carbocycles. The van der Waals surface area contributed by atoms with Crippen LogP contribution in [-0.2, 0) is 14.8 Å². The largest absolute Gasteiger partial charge is 0.494 e. The Morgan fingerprint density at radius 1 is 1.15 bits per heavy atom. The minimum atomic E-state index is -3.72. The molecule has 6 nitrogen and oxygen atoms in total. The van der Waals surface area contributed by atoms with E-state index in [4.69, 9.17) is 4.74 Å². The highest BCUT2D eigenvalue weighted by molar-refractivity contribution is 7.89. The maximum atomic E-state index is 13.2. The van der Waals surface area contributed by atoms with Crippen LogP contribution in [0.3, 0.4) is 0 Å². The monoisotopic (exact) mass is 380 g/mol. The molecule has 2 aromatic rings. The molecule has 1 amide bonds. The summed E-state index contributed by atoms with van der Waals surface area (Å²) in [5.74, 6) is -0.286. The molecule has 8 heteroatoms. The first-order chi connectivity index (χ1) is 12.3. The molecule has 140 valence electrons. The molecule has 0 aliphatic rings. The smallest absolute Gasteiger partial charge is 0.240 e. The van der Waals surface area contributed by atoms with Crippen LogP contribution in [0.4, 0.5) is 10.1 Å². The summed E-state index contributed by atoms with van der Waals surface area (Å²) < 4.78 is 45.3. The predicted octanol–water partition coefficient (Wildman–Crippen LogP) is 2.84. The quantitative estimate of drug-likeness (QED) is 0.738. The molecule has 2 aromatic carbocycles. The Morgan fingerprint density at radius 3 is 2.50 bits per heavy atom. The summed E-state index contributed by atoms with van der Waals surface area (Å²) in [6, 6.07) is 10.1. The van der Waals surface area contributed by atoms with Gasteiger partial charge in [-0.25, -0.2) is 17.5 Å². The Bertz CT molecular complexity index is 867. The molecule has 0 radical (unpaired) electrons. The maximum Gasteiger partial charge on any atom is 0.240 e. The van der Waals surface area contributed by atoms with Gasteiger partial charge in [-0.15, -0.1) is 0 Å². The molecule has 0 spiro atoms. The van der Waals surface area contributed by atoms with Crippen LogP contribution in [0.25, 0.3) is 0 Å². The third-order valence-electron chi connectivity index (χ3n) is 3.56. The summed E-state index contributed by atoms with van der Waals surface area (Å²) in [5, 5.41) is 2.57. The van der Waals surface area contributed by atoms with Crippen LogP contribution in [0, 0.1) is 12.7 Å². The van der Waals surface area contributed by atoms with Crippen molar-refractivity contribution in [2.45, 2.75) is 25.2 Å². The fourth-order valence-corrected chi connectivity index (χ4v) is 3.24. The SMILES string of the molecule is CCOc1ccc(S(=O)(=O)NCCC(=O)Nc2cc(F)ccc2C)cc1. The normalized spacial score (nSPS) is 11.2. The van der Waals surface area contributed by atoms with Gasteiger partial charge in [0.25, 0.3) is 0 Å². The van der Waals surface area contributed by atoms with Gasteiger partial charge in [0.1, 0.15) is 11.6 Å². The number of aryl methyl sites for hydroxylation is 1. The first-order valence-corrected chi connectivity index (χ1v) is 9.58. The van der Waals surface area contributed by atoms with E-state index in [1.807, 2.05) is 6.92 Å². The number of amides is 1. The summed E-state index contributed by atoms with van der Waals surface area (Å²) in [7, 11) is -3.72. The molecule has 2 N–H and O–H groups in total. The van der Waals surface area contributed by atoms with Gasteiger partial charge in [-0.2, -0.15) is 0 Å². The average molecular weight is 380 g/mol. The minimum absolute atomic E-state index is 0.0737. The summed E-state index contributed by atoms with van der Waals surface area (Å²) in [5.41, 5.74) is 1.08. The highest BCUT2D eigenvalue weighted by Crippen LogP contribution is 2.17. The van der Waals surface area contributed by atoms with E-state index >= 15 is 0 Å². The zero-order valence-electron chi connectivity index (χ0n) is 14.6. The number of anilines is 1. The molecule has 0 heterocycles. The zero-order chi connectivity index (χ0) is 19.2. The Kier molecular flexibility index (Phi) is 6.70. The topological polar surface area (TPSA) is 84.5 Å². The maximum absolute atomic E-state index is 13.2. The number of halogens is 1. The molecule has 0 bridgehead atoms. The second-order valence-electron chi connectivity index (χ2n) is 5.56. The van der Waals surface area contributed by atoms with Crippen LogP contribution in [0.1, 0.15) is 18.9 Å². The first-order valence-electron chi connectivity index (χ1n) is 8.10. The van der Waals surface area contributed by atoms with Crippen LogP contribution < -0.4 is 14.8 Å². The molecule has 0 saturated heterocycles. The van der Waals surface area contributed by atoms with Gasteiger partial charge in [0.05, 0.1) is 11.5 Å². The third kappa shape index (κ3) is 5.53. The number of ether oxygens (including phenoxy) is 1. The molecule has 0 atom stereocenters. The van der Waals surface area contributed by atoms with Crippen molar-refractivity contribution in [2.24, 2.45) is 0 Å². The molecule has 0 saturated carbocycles. The van der Waals surface area contributed by atoms with Crippen LogP contribution >= 0.6 is 0 Å². The van der Waals surface area contributed by atoms with E-state index in [0.29, 0.717) is 18.0 Å². The van der Waals surface area contributed by atoms with Crippen LogP contribution in [0.2, 0.25) is 0 Å². The Morgan fingerprint density at radius 2 is 1.85 bits per heavy atom. The van der Waals surface area contributed by atoms with Crippen molar-refractivity contribution in [3.8, 4) is 5.75 Å². The van der Waals surface area contributed by atoms with Gasteiger partial charge in [-0.1, -0.05) is 6.07 Å². The number of benzene rings is 2. The van der Waals surface area contributed by atoms with Gasteiger partial charge in [0, 0.05) is 18.7 Å². The van der Waals surface area contributed by atoms with Gasteiger partial charge >= 0.3 is 0 Å². The number of carbonyl (C=O) groups excluding carboxylic acids is 1. The Labute approximate surface area is 152 Å². The molecule has 0 unspecified atom stereocenters. The fraction of sp³-hybridized carbons (Fsp3) is 0.278. The number of sulfonamides is 1. The van der Waals surface area contributed by atoms with Crippen molar-refractivity contribution in [1.29, 1.82) is 0 Å². The van der Waals surface area contributed by atoms with Gasteiger partial charge in [0.2, 0.25) is 15.9 Å². The summed E-state index contributed by atoms with van der Waals surface area (Å²) in [4.78, 5) is 12.0. The number of nitrogens with one attached hydrogen (secondary N) is 2. The number of hydrogen-bond acceptors (Lipinski definition) is 4. The standard InChI is InChI=1S/C18H21FN2O4S/c1-3-25-15-6-8-16(9-7-15)26(23,24)20-11-10-18(22)21-17-12-14(19)5-4-13(17)2/h4-9,12,20H,3,10-11H2,1-2H3,(H,21,22). The second kappa shape index (κ2) is 8.77. The van der Waals surface area contributed by atoms with Gasteiger partial charge in [0.15, 0.2) is 0 Å². The van der Waals surface area contributed by atoms with E-state index in [1.54, 1.807) is 25.1 Å². The van der Waals surface area contributed by atoms with E-state index in [1.165, 1.54) is 24.3 Å². The van der Waals surface area contributed by atoms with Crippen molar-refractivity contribution in [1.82, 2.24) is 4.72 Å². The number of hydrogen-bond donors (Lipinski definition) is 2. The third-order valence-corrected chi connectivity index (χ3v) is 5.04. The van der Waals surface area contributed by atoms with Crippen molar-refractivity contribution < 1.29 is 22.3 Å². The van der Waals surface area contributed by atoms with Crippen molar-refractivity contribution >= 4 is 21.6 Å². The van der Waals surface area contributed by atoms with Gasteiger partial charge in [-0.05, 0) is 55.8 Å². The van der Waals surface area contributed by atoms with Crippen LogP contribution in [0.5, 0.6) is 5.75 Å². The summed E-state index contributed by atoms with van der Waals surface area (Å²) >= 11 is 0. The van der Waals surface area contributed by atoms with Crippen molar-refractivity contribution in [2.75, 3.05) is 18.5 Å². The second-order valence-corrected chi connectivity index (χ2v) is 7.33. The van der Waals surface area contributed by atoms with E-state index in [9.17, 15) is 17.6 Å². The minimum Gasteiger partial charge on any atom is -0.494 e. The Hall–Kier alpha value is -2.45. The van der Waals surface area contributed by atoms with E-state index in [2.05, 4.69) is 10.0 Å². The average Bonchev–Trinajstić information content (AvgIpc) is 2.59. The Balaban J connectivity index is 1.89. The molecule has 0 aliphatic heterocycles. The molecule has 26 heavy (non-hydrogen) atoms. The molecular formula is C18H21FN2O4S. The summed E-state index contributed by atoms with van der Waals surface area (Å²) in [6.07, 6.45) is -0.0772. The first kappa shape index (κ1) is 19.9. The molecule has 0 aromatic heterocycles. The van der Waals surface area contributed by atoms with Crippen LogP contribution in [-0.4, -0.2) is 27.5 Å². The lowest BCUT2D eigenvalue weighted by Crippen LogP contribution is -2.28. The zero-order valence-corrected chi connectivity index (χ0v) is 15.4. The van der Waals surface area contributed by atoms with E-state index in [-0.39, 0.29) is 17.9 Å². The van der Waals surface area contributed by atoms with Crippen LogP contribution in [0.15, 0.2) is 47.4 Å². The molecule has 0 fully saturated rings. The summed E-state index contributed by atoms with van der Waals surface area (Å²) in [6.45, 7) is 3.99. The van der Waals surface area contributed by atoms with Crippen molar-refractivity contribution in [3.63, 3.8) is 0 Å². The van der Waals surface area contributed by atoms with Crippen molar-refractivity contribution in [3.05, 3.63) is 53.8 Å². The highest BCUT2D eigenvalue weighted by atomic mass is 32.2. The lowest BCUT2D eigenvalue weighted by Gasteiger charge is -2.10. The molecule has 2 rings (SSSR count). The lowest BCUT2D eigenvalue weighted by molar-refractivity contribution is -0.116. The lowest BCUT2D eigenvalue weighted by atomic mass is 10.2. The fourth-order valence-electron chi connectivity index (χ4n) is 2.21. The van der Waals surface area contributed by atoms with E-state index in [0.717, 1.165) is 5.56 Å². The predicted molar refractivity (Wildman–Crippen MR) is 97.2 cm³/mol. The van der Waals surface area contributed by atoms with Gasteiger partial charge < -0.3 is 10.1 Å². The van der Waals surface area contributed by atoms with E-state index < -0.39 is 21.7 Å². The molecular weight excluding hydrogens is 359 g/mol. The highest BCUT2D eigenvalue weighted by Gasteiger charge is 2.14. The number of rotatable bonds is 8. The number of carbonyl (C=O) groups is 1.